The number of carbonyl (C=O) groups is 1. The van der Waals surface area contributed by atoms with Crippen LogP contribution in [0.25, 0.3) is 0 Å². The SMILES string of the molecule is CCOc1cc(C)cc(CC)c1CC(=O)O. The normalized spacial score (nSPS) is 10.2. The van der Waals surface area contributed by atoms with Gasteiger partial charge in [-0.15, -0.1) is 0 Å². The van der Waals surface area contributed by atoms with E-state index < -0.39 is 5.97 Å². The third kappa shape index (κ3) is 2.99. The monoisotopic (exact) mass is 222 g/mol. The summed E-state index contributed by atoms with van der Waals surface area (Å²) >= 11 is 0. The molecule has 1 rings (SSSR count). The van der Waals surface area contributed by atoms with Gasteiger partial charge < -0.3 is 9.84 Å². The molecule has 0 bridgehead atoms. The highest BCUT2D eigenvalue weighted by Crippen LogP contribution is 2.26. The van der Waals surface area contributed by atoms with E-state index in [2.05, 4.69) is 0 Å². The molecule has 16 heavy (non-hydrogen) atoms. The van der Waals surface area contributed by atoms with E-state index in [0.717, 1.165) is 23.1 Å². The first kappa shape index (κ1) is 12.6. The molecule has 0 spiro atoms. The predicted molar refractivity (Wildman–Crippen MR) is 63.1 cm³/mol. The molecular formula is C13H18O3. The van der Waals surface area contributed by atoms with Gasteiger partial charge in [0.05, 0.1) is 13.0 Å². The van der Waals surface area contributed by atoms with Crippen molar-refractivity contribution in [3.05, 3.63) is 28.8 Å². The van der Waals surface area contributed by atoms with E-state index in [1.165, 1.54) is 0 Å². The first-order chi connectivity index (χ1) is 7.58. The zero-order valence-electron chi connectivity index (χ0n) is 10.0. The summed E-state index contributed by atoms with van der Waals surface area (Å²) in [5.74, 6) is -0.110. The van der Waals surface area contributed by atoms with E-state index >= 15 is 0 Å². The number of hydrogen-bond acceptors (Lipinski definition) is 2. The van der Waals surface area contributed by atoms with E-state index in [-0.39, 0.29) is 6.42 Å². The highest BCUT2D eigenvalue weighted by molar-refractivity contribution is 5.72. The Bertz CT molecular complexity index is 383. The smallest absolute Gasteiger partial charge is 0.307 e. The molecule has 3 heteroatoms. The molecule has 88 valence electrons. The lowest BCUT2D eigenvalue weighted by molar-refractivity contribution is -0.136. The molecule has 0 unspecified atom stereocenters. The molecule has 1 aromatic rings. The lowest BCUT2D eigenvalue weighted by Crippen LogP contribution is -2.07. The quantitative estimate of drug-likeness (QED) is 0.832. The average molecular weight is 222 g/mol. The van der Waals surface area contributed by atoms with Crippen molar-refractivity contribution in [3.63, 3.8) is 0 Å². The summed E-state index contributed by atoms with van der Waals surface area (Å²) in [4.78, 5) is 10.8. The second kappa shape index (κ2) is 5.54. The van der Waals surface area contributed by atoms with Gasteiger partial charge in [-0.2, -0.15) is 0 Å². The van der Waals surface area contributed by atoms with Crippen molar-refractivity contribution < 1.29 is 14.6 Å². The summed E-state index contributed by atoms with van der Waals surface area (Å²) in [6.45, 7) is 6.47. The molecule has 0 atom stereocenters. The van der Waals surface area contributed by atoms with E-state index in [4.69, 9.17) is 9.84 Å². The van der Waals surface area contributed by atoms with Crippen LogP contribution in [-0.4, -0.2) is 17.7 Å². The average Bonchev–Trinajstić information content (AvgIpc) is 2.21. The molecule has 0 radical (unpaired) electrons. The number of aliphatic carboxylic acids is 1. The van der Waals surface area contributed by atoms with Gasteiger partial charge in [-0.05, 0) is 37.5 Å². The standard InChI is InChI=1S/C13H18O3/c1-4-10-6-9(3)7-12(16-5-2)11(10)8-13(14)15/h6-7H,4-5,8H2,1-3H3,(H,14,15). The lowest BCUT2D eigenvalue weighted by atomic mass is 9.98. The van der Waals surface area contributed by atoms with Crippen LogP contribution in [0.15, 0.2) is 12.1 Å². The molecule has 0 heterocycles. The minimum Gasteiger partial charge on any atom is -0.494 e. The largest absolute Gasteiger partial charge is 0.494 e. The number of rotatable bonds is 5. The second-order valence-corrected chi connectivity index (χ2v) is 3.76. The van der Waals surface area contributed by atoms with Crippen LogP contribution in [0, 0.1) is 6.92 Å². The Morgan fingerprint density at radius 1 is 1.38 bits per heavy atom. The number of aryl methyl sites for hydroxylation is 2. The molecule has 0 aliphatic heterocycles. The summed E-state index contributed by atoms with van der Waals surface area (Å²) in [5, 5.41) is 8.89. The van der Waals surface area contributed by atoms with Crippen LogP contribution in [0.2, 0.25) is 0 Å². The number of ether oxygens (including phenoxy) is 1. The van der Waals surface area contributed by atoms with Crippen LogP contribution in [0.3, 0.4) is 0 Å². The van der Waals surface area contributed by atoms with Gasteiger partial charge in [-0.3, -0.25) is 4.79 Å². The summed E-state index contributed by atoms with van der Waals surface area (Å²) < 4.78 is 5.50. The van der Waals surface area contributed by atoms with Crippen molar-refractivity contribution in [1.82, 2.24) is 0 Å². The van der Waals surface area contributed by atoms with Crippen molar-refractivity contribution in [2.24, 2.45) is 0 Å². The zero-order chi connectivity index (χ0) is 12.1. The van der Waals surface area contributed by atoms with Gasteiger partial charge in [0.2, 0.25) is 0 Å². The maximum Gasteiger partial charge on any atom is 0.307 e. The van der Waals surface area contributed by atoms with Crippen molar-refractivity contribution >= 4 is 5.97 Å². The number of hydrogen-bond donors (Lipinski definition) is 1. The zero-order valence-corrected chi connectivity index (χ0v) is 10.0. The van der Waals surface area contributed by atoms with Gasteiger partial charge in [0.15, 0.2) is 0 Å². The topological polar surface area (TPSA) is 46.5 Å². The van der Waals surface area contributed by atoms with E-state index in [9.17, 15) is 4.79 Å². The van der Waals surface area contributed by atoms with Crippen LogP contribution >= 0.6 is 0 Å². The fraction of sp³-hybridized carbons (Fsp3) is 0.462. The fourth-order valence-corrected chi connectivity index (χ4v) is 1.81. The second-order valence-electron chi connectivity index (χ2n) is 3.76. The Balaban J connectivity index is 3.20. The van der Waals surface area contributed by atoms with Gasteiger partial charge >= 0.3 is 5.97 Å². The van der Waals surface area contributed by atoms with Gasteiger partial charge in [0, 0.05) is 5.56 Å². The minimum absolute atomic E-state index is 0.0266. The van der Waals surface area contributed by atoms with Crippen molar-refractivity contribution in [1.29, 1.82) is 0 Å². The highest BCUT2D eigenvalue weighted by Gasteiger charge is 2.13. The Hall–Kier alpha value is -1.51. The molecule has 3 nitrogen and oxygen atoms in total. The molecule has 1 N–H and O–H groups in total. The molecular weight excluding hydrogens is 204 g/mol. The van der Waals surface area contributed by atoms with Gasteiger partial charge in [-0.25, -0.2) is 0 Å². The Kier molecular flexibility index (Phi) is 4.35. The van der Waals surface area contributed by atoms with Crippen LogP contribution in [0.4, 0.5) is 0 Å². The summed E-state index contributed by atoms with van der Waals surface area (Å²) in [7, 11) is 0. The number of benzene rings is 1. The fourth-order valence-electron chi connectivity index (χ4n) is 1.81. The van der Waals surface area contributed by atoms with Gasteiger partial charge in [0.1, 0.15) is 5.75 Å². The molecule has 0 aliphatic rings. The maximum absolute atomic E-state index is 10.8. The van der Waals surface area contributed by atoms with Crippen LogP contribution < -0.4 is 4.74 Å². The summed E-state index contributed by atoms with van der Waals surface area (Å²) in [6, 6.07) is 3.93. The molecule has 0 saturated carbocycles. The number of carboxylic acids is 1. The Morgan fingerprint density at radius 2 is 2.06 bits per heavy atom. The van der Waals surface area contributed by atoms with E-state index in [1.807, 2.05) is 32.9 Å². The van der Waals surface area contributed by atoms with Crippen LogP contribution in [-0.2, 0) is 17.6 Å². The lowest BCUT2D eigenvalue weighted by Gasteiger charge is -2.14. The van der Waals surface area contributed by atoms with Crippen molar-refractivity contribution in [2.45, 2.75) is 33.6 Å². The van der Waals surface area contributed by atoms with Crippen molar-refractivity contribution in [2.75, 3.05) is 6.61 Å². The first-order valence-electron chi connectivity index (χ1n) is 5.55. The Morgan fingerprint density at radius 3 is 2.56 bits per heavy atom. The highest BCUT2D eigenvalue weighted by atomic mass is 16.5. The molecule has 0 fully saturated rings. The Labute approximate surface area is 96.1 Å². The molecule has 0 amide bonds. The van der Waals surface area contributed by atoms with Crippen molar-refractivity contribution in [3.8, 4) is 5.75 Å². The van der Waals surface area contributed by atoms with Gasteiger partial charge in [0.25, 0.3) is 0 Å². The van der Waals surface area contributed by atoms with E-state index in [0.29, 0.717) is 12.4 Å². The summed E-state index contributed by atoms with van der Waals surface area (Å²) in [5.41, 5.74) is 2.97. The first-order valence-corrected chi connectivity index (χ1v) is 5.55. The maximum atomic E-state index is 10.8. The third-order valence-corrected chi connectivity index (χ3v) is 2.45. The molecule has 0 saturated heterocycles. The summed E-state index contributed by atoms with van der Waals surface area (Å²) in [6.07, 6.45) is 0.850. The van der Waals surface area contributed by atoms with Gasteiger partial charge in [-0.1, -0.05) is 13.0 Å². The van der Waals surface area contributed by atoms with Crippen LogP contribution in [0.5, 0.6) is 5.75 Å². The number of carboxylic acid groups (broad SMARTS) is 1. The molecule has 1 aromatic carbocycles. The predicted octanol–water partition coefficient (Wildman–Crippen LogP) is 2.58. The molecule has 0 aromatic heterocycles. The van der Waals surface area contributed by atoms with E-state index in [1.54, 1.807) is 0 Å². The minimum atomic E-state index is -0.820. The molecule has 0 aliphatic carbocycles. The third-order valence-electron chi connectivity index (χ3n) is 2.45. The van der Waals surface area contributed by atoms with Crippen LogP contribution in [0.1, 0.15) is 30.5 Å².